The highest BCUT2D eigenvalue weighted by Crippen LogP contribution is 2.43. The number of hydrogen-bond acceptors (Lipinski definition) is 3. The van der Waals surface area contributed by atoms with Crippen LogP contribution in [0.5, 0.6) is 0 Å². The summed E-state index contributed by atoms with van der Waals surface area (Å²) in [6.07, 6.45) is 3.63. The summed E-state index contributed by atoms with van der Waals surface area (Å²) in [5, 5.41) is 19.8. The van der Waals surface area contributed by atoms with Crippen molar-refractivity contribution in [3.63, 3.8) is 0 Å². The zero-order valence-corrected chi connectivity index (χ0v) is 11.5. The summed E-state index contributed by atoms with van der Waals surface area (Å²) in [5.74, 6) is 0.680. The van der Waals surface area contributed by atoms with Gasteiger partial charge in [-0.2, -0.15) is 5.26 Å². The van der Waals surface area contributed by atoms with Gasteiger partial charge < -0.3 is 9.84 Å². The van der Waals surface area contributed by atoms with Gasteiger partial charge >= 0.3 is 0 Å². The number of rotatable bonds is 4. The lowest BCUT2D eigenvalue weighted by Gasteiger charge is -2.39. The fourth-order valence-electron chi connectivity index (χ4n) is 2.54. The van der Waals surface area contributed by atoms with Gasteiger partial charge in [0.05, 0.1) is 23.2 Å². The van der Waals surface area contributed by atoms with Crippen LogP contribution in [0.3, 0.4) is 0 Å². The Bertz CT molecular complexity index is 285. The van der Waals surface area contributed by atoms with E-state index in [4.69, 9.17) is 4.74 Å². The average molecular weight is 239 g/mol. The molecular formula is C14H25NO2. The fraction of sp³-hybridized carbons (Fsp3) is 0.929. The topological polar surface area (TPSA) is 53.2 Å². The van der Waals surface area contributed by atoms with Crippen molar-refractivity contribution in [1.29, 1.82) is 5.26 Å². The van der Waals surface area contributed by atoms with E-state index in [-0.39, 0.29) is 5.60 Å². The van der Waals surface area contributed by atoms with Gasteiger partial charge in [0.25, 0.3) is 0 Å². The van der Waals surface area contributed by atoms with Crippen LogP contribution in [0.4, 0.5) is 0 Å². The molecule has 1 rings (SSSR count). The summed E-state index contributed by atoms with van der Waals surface area (Å²) in [6.45, 7) is 6.12. The van der Waals surface area contributed by atoms with E-state index in [1.807, 2.05) is 13.8 Å². The zero-order chi connectivity index (χ0) is 13.1. The van der Waals surface area contributed by atoms with Gasteiger partial charge in [0.1, 0.15) is 0 Å². The normalized spacial score (nSPS) is 31.9. The quantitative estimate of drug-likeness (QED) is 0.820. The summed E-state index contributed by atoms with van der Waals surface area (Å²) in [7, 11) is 1.65. The van der Waals surface area contributed by atoms with Crippen molar-refractivity contribution < 1.29 is 9.84 Å². The maximum Gasteiger partial charge on any atom is 0.0833 e. The molecule has 0 radical (unpaired) electrons. The molecule has 1 saturated carbocycles. The third kappa shape index (κ3) is 3.43. The smallest absolute Gasteiger partial charge is 0.0833 e. The summed E-state index contributed by atoms with van der Waals surface area (Å²) >= 11 is 0. The molecule has 0 heterocycles. The molecule has 0 aromatic heterocycles. The maximum absolute atomic E-state index is 10.4. The molecule has 0 spiro atoms. The van der Waals surface area contributed by atoms with Crippen LogP contribution in [0.25, 0.3) is 0 Å². The first kappa shape index (κ1) is 14.5. The second kappa shape index (κ2) is 5.37. The standard InChI is InChI=1S/C14H25NO2/c1-11-5-7-14(10-15,8-6-11)12(16)9-13(2,3)17-4/h11-12,16H,5-9H2,1-4H3. The summed E-state index contributed by atoms with van der Waals surface area (Å²) in [5.41, 5.74) is -0.922. The molecule has 1 aliphatic rings. The molecule has 0 amide bonds. The third-order valence-corrected chi connectivity index (χ3v) is 4.26. The average Bonchev–Trinajstić information content (AvgIpc) is 2.30. The molecule has 1 unspecified atom stereocenters. The van der Waals surface area contributed by atoms with Crippen LogP contribution in [0.15, 0.2) is 0 Å². The van der Waals surface area contributed by atoms with E-state index < -0.39 is 11.5 Å². The summed E-state index contributed by atoms with van der Waals surface area (Å²) < 4.78 is 5.34. The third-order valence-electron chi connectivity index (χ3n) is 4.26. The van der Waals surface area contributed by atoms with Crippen molar-refractivity contribution in [3.05, 3.63) is 0 Å². The van der Waals surface area contributed by atoms with Crippen LogP contribution in [-0.4, -0.2) is 23.9 Å². The molecule has 0 bridgehead atoms. The Labute approximate surface area is 105 Å². The van der Waals surface area contributed by atoms with E-state index in [9.17, 15) is 10.4 Å². The van der Waals surface area contributed by atoms with Crippen molar-refractivity contribution in [2.24, 2.45) is 11.3 Å². The molecule has 17 heavy (non-hydrogen) atoms. The van der Waals surface area contributed by atoms with E-state index in [0.29, 0.717) is 12.3 Å². The molecule has 1 N–H and O–H groups in total. The van der Waals surface area contributed by atoms with Gasteiger partial charge in [-0.1, -0.05) is 6.92 Å². The van der Waals surface area contributed by atoms with E-state index in [2.05, 4.69) is 13.0 Å². The molecule has 0 aromatic rings. The van der Waals surface area contributed by atoms with E-state index >= 15 is 0 Å². The van der Waals surface area contributed by atoms with E-state index in [1.54, 1.807) is 7.11 Å². The number of hydrogen-bond donors (Lipinski definition) is 1. The van der Waals surface area contributed by atoms with Gasteiger partial charge in [0.2, 0.25) is 0 Å². The van der Waals surface area contributed by atoms with Crippen molar-refractivity contribution in [2.45, 2.75) is 64.6 Å². The first-order chi connectivity index (χ1) is 7.85. The van der Waals surface area contributed by atoms with Crippen molar-refractivity contribution >= 4 is 0 Å². The molecule has 3 nitrogen and oxygen atoms in total. The predicted octanol–water partition coefficient (Wildman–Crippen LogP) is 2.88. The van der Waals surface area contributed by atoms with Gasteiger partial charge in [-0.05, 0) is 45.4 Å². The number of ether oxygens (including phenoxy) is 1. The molecule has 0 aliphatic heterocycles. The minimum Gasteiger partial charge on any atom is -0.391 e. The largest absolute Gasteiger partial charge is 0.391 e. The van der Waals surface area contributed by atoms with Crippen molar-refractivity contribution in [3.8, 4) is 6.07 Å². The second-order valence-electron chi connectivity index (χ2n) is 6.13. The molecule has 0 saturated heterocycles. The van der Waals surface area contributed by atoms with Gasteiger partial charge in [-0.25, -0.2) is 0 Å². The van der Waals surface area contributed by atoms with Crippen LogP contribution < -0.4 is 0 Å². The summed E-state index contributed by atoms with van der Waals surface area (Å²) in [6, 6.07) is 2.38. The van der Waals surface area contributed by atoms with Crippen LogP contribution in [0.1, 0.15) is 52.9 Å². The monoisotopic (exact) mass is 239 g/mol. The zero-order valence-electron chi connectivity index (χ0n) is 11.5. The van der Waals surface area contributed by atoms with Gasteiger partial charge in [0, 0.05) is 13.5 Å². The summed E-state index contributed by atoms with van der Waals surface area (Å²) in [4.78, 5) is 0. The van der Waals surface area contributed by atoms with Gasteiger partial charge in [0.15, 0.2) is 0 Å². The van der Waals surface area contributed by atoms with Crippen LogP contribution in [-0.2, 0) is 4.74 Å². The fourth-order valence-corrected chi connectivity index (χ4v) is 2.54. The van der Waals surface area contributed by atoms with E-state index in [0.717, 1.165) is 25.7 Å². The first-order valence-electron chi connectivity index (χ1n) is 6.50. The number of nitriles is 1. The maximum atomic E-state index is 10.4. The highest BCUT2D eigenvalue weighted by molar-refractivity contribution is 5.06. The SMILES string of the molecule is COC(C)(C)CC(O)C1(C#N)CCC(C)CC1. The lowest BCUT2D eigenvalue weighted by Crippen LogP contribution is -2.42. The molecule has 98 valence electrons. The highest BCUT2D eigenvalue weighted by Gasteiger charge is 2.42. The molecule has 1 atom stereocenters. The minimum atomic E-state index is -0.588. The van der Waals surface area contributed by atoms with Crippen molar-refractivity contribution in [2.75, 3.05) is 7.11 Å². The molecule has 0 aromatic carbocycles. The van der Waals surface area contributed by atoms with E-state index in [1.165, 1.54) is 0 Å². The van der Waals surface area contributed by atoms with Crippen LogP contribution in [0.2, 0.25) is 0 Å². The number of aliphatic hydroxyl groups is 1. The van der Waals surface area contributed by atoms with Crippen LogP contribution in [0, 0.1) is 22.7 Å². The van der Waals surface area contributed by atoms with Gasteiger partial charge in [-0.15, -0.1) is 0 Å². The van der Waals surface area contributed by atoms with Gasteiger partial charge in [-0.3, -0.25) is 0 Å². The Balaban J connectivity index is 2.71. The number of aliphatic hydroxyl groups excluding tert-OH is 1. The molecule has 1 fully saturated rings. The Morgan fingerprint density at radius 1 is 1.47 bits per heavy atom. The highest BCUT2D eigenvalue weighted by atomic mass is 16.5. The first-order valence-corrected chi connectivity index (χ1v) is 6.50. The number of methoxy groups -OCH3 is 1. The molecule has 3 heteroatoms. The predicted molar refractivity (Wildman–Crippen MR) is 67.4 cm³/mol. The van der Waals surface area contributed by atoms with Crippen LogP contribution >= 0.6 is 0 Å². The Morgan fingerprint density at radius 2 is 2.00 bits per heavy atom. The number of nitrogens with zero attached hydrogens (tertiary/aromatic N) is 1. The second-order valence-corrected chi connectivity index (χ2v) is 6.13. The lowest BCUT2D eigenvalue weighted by atomic mass is 9.67. The molecule has 1 aliphatic carbocycles. The van der Waals surface area contributed by atoms with Crippen molar-refractivity contribution in [1.82, 2.24) is 0 Å². The minimum absolute atomic E-state index is 0.369. The Kier molecular flexibility index (Phi) is 4.57. The lowest BCUT2D eigenvalue weighted by molar-refractivity contribution is -0.0581. The Hall–Kier alpha value is -0.590. The Morgan fingerprint density at radius 3 is 2.41 bits per heavy atom. The molecular weight excluding hydrogens is 214 g/mol.